The van der Waals surface area contributed by atoms with Crippen LogP contribution < -0.4 is 0 Å². The van der Waals surface area contributed by atoms with Crippen molar-refractivity contribution in [3.05, 3.63) is 39.5 Å². The molecule has 4 rings (SSSR count). The van der Waals surface area contributed by atoms with Crippen LogP contribution in [0.1, 0.15) is 25.0 Å². The van der Waals surface area contributed by atoms with Gasteiger partial charge in [0.15, 0.2) is 0 Å². The van der Waals surface area contributed by atoms with E-state index in [2.05, 4.69) is 29.2 Å². The molecule has 0 radical (unpaired) electrons. The number of carbonyl (C=O) groups is 1. The van der Waals surface area contributed by atoms with Gasteiger partial charge in [-0.15, -0.1) is 0 Å². The molecule has 0 fully saturated rings. The summed E-state index contributed by atoms with van der Waals surface area (Å²) in [5.74, 6) is 0.0267. The summed E-state index contributed by atoms with van der Waals surface area (Å²) in [5, 5.41) is 2.27. The number of halogens is 2. The fourth-order valence-corrected chi connectivity index (χ4v) is 4.90. The van der Waals surface area contributed by atoms with Crippen molar-refractivity contribution in [1.82, 2.24) is 14.8 Å². The van der Waals surface area contributed by atoms with Gasteiger partial charge in [0.2, 0.25) is 5.91 Å². The van der Waals surface area contributed by atoms with Crippen LogP contribution in [0.15, 0.2) is 18.3 Å². The highest BCUT2D eigenvalue weighted by molar-refractivity contribution is 6.44. The van der Waals surface area contributed by atoms with Crippen LogP contribution in [0.5, 0.6) is 0 Å². The largest absolute Gasteiger partial charge is 0.361 e. The molecule has 1 aromatic heterocycles. The predicted molar refractivity (Wildman–Crippen MR) is 108 cm³/mol. The van der Waals surface area contributed by atoms with Crippen LogP contribution in [0.2, 0.25) is 10.0 Å². The predicted octanol–water partition coefficient (Wildman–Crippen LogP) is 4.21. The molecule has 4 nitrogen and oxygen atoms in total. The van der Waals surface area contributed by atoms with Gasteiger partial charge in [0.25, 0.3) is 0 Å². The Balaban J connectivity index is 1.88. The summed E-state index contributed by atoms with van der Waals surface area (Å²) in [6, 6.07) is 2.11. The molecule has 2 aromatic rings. The fourth-order valence-electron chi connectivity index (χ4n) is 4.44. The molecule has 0 saturated carbocycles. The van der Waals surface area contributed by atoms with Gasteiger partial charge >= 0.3 is 0 Å². The van der Waals surface area contributed by atoms with E-state index in [1.54, 1.807) is 0 Å². The molecule has 1 aromatic carbocycles. The molecule has 26 heavy (non-hydrogen) atoms. The Bertz CT molecular complexity index is 913. The molecular weight excluding hydrogens is 369 g/mol. The molecule has 2 heterocycles. The third kappa shape index (κ3) is 2.58. The number of carbonyl (C=O) groups excluding carboxylic acids is 1. The zero-order chi connectivity index (χ0) is 18.6. The summed E-state index contributed by atoms with van der Waals surface area (Å²) in [7, 11) is 2.09. The number of fused-ring (bicyclic) bond motifs is 2. The van der Waals surface area contributed by atoms with Crippen molar-refractivity contribution in [2.45, 2.75) is 26.3 Å². The number of H-pyrrole nitrogens is 1. The Morgan fingerprint density at radius 3 is 2.77 bits per heavy atom. The number of aromatic amines is 1. The van der Waals surface area contributed by atoms with Crippen LogP contribution in [0.4, 0.5) is 0 Å². The Morgan fingerprint density at radius 2 is 2.08 bits per heavy atom. The molecule has 1 aliphatic heterocycles. The minimum Gasteiger partial charge on any atom is -0.361 e. The molecule has 2 atom stereocenters. The second-order valence-electron chi connectivity index (χ2n) is 7.18. The van der Waals surface area contributed by atoms with Crippen molar-refractivity contribution in [3.63, 3.8) is 0 Å². The topological polar surface area (TPSA) is 39.3 Å². The summed E-state index contributed by atoms with van der Waals surface area (Å²) in [5.41, 5.74) is 4.39. The average molecular weight is 392 g/mol. The van der Waals surface area contributed by atoms with Crippen molar-refractivity contribution in [1.29, 1.82) is 0 Å². The maximum Gasteiger partial charge on any atom is 0.230 e. The number of nitrogens with zero attached hydrogens (tertiary/aromatic N) is 2. The third-order valence-electron chi connectivity index (χ3n) is 5.79. The zero-order valence-electron chi connectivity index (χ0n) is 15.3. The molecule has 2 unspecified atom stereocenters. The number of benzene rings is 1. The average Bonchev–Trinajstić information content (AvgIpc) is 3.02. The molecule has 1 N–H and O–H groups in total. The van der Waals surface area contributed by atoms with E-state index in [-0.39, 0.29) is 17.9 Å². The first-order valence-corrected chi connectivity index (χ1v) is 9.90. The van der Waals surface area contributed by atoms with E-state index in [9.17, 15) is 4.79 Å². The van der Waals surface area contributed by atoms with Gasteiger partial charge in [0, 0.05) is 48.3 Å². The number of likely N-dealkylation sites (N-methyl/N-ethyl adjacent to an activating group) is 1. The first-order valence-electron chi connectivity index (χ1n) is 9.15. The van der Waals surface area contributed by atoms with Crippen LogP contribution in [0.3, 0.4) is 0 Å². The lowest BCUT2D eigenvalue weighted by Gasteiger charge is -2.40. The zero-order valence-corrected chi connectivity index (χ0v) is 16.8. The molecule has 1 aliphatic carbocycles. The van der Waals surface area contributed by atoms with Crippen LogP contribution >= 0.6 is 23.2 Å². The van der Waals surface area contributed by atoms with Crippen LogP contribution in [-0.2, 0) is 11.2 Å². The second-order valence-corrected chi connectivity index (χ2v) is 7.97. The quantitative estimate of drug-likeness (QED) is 0.850. The number of hydrogen-bond acceptors (Lipinski definition) is 2. The Labute approximate surface area is 163 Å². The van der Waals surface area contributed by atoms with E-state index in [0.717, 1.165) is 48.1 Å². The highest BCUT2D eigenvalue weighted by atomic mass is 35.5. The molecule has 0 bridgehead atoms. The summed E-state index contributed by atoms with van der Waals surface area (Å²) in [6.45, 7) is 6.23. The van der Waals surface area contributed by atoms with E-state index in [0.29, 0.717) is 10.0 Å². The maximum atomic E-state index is 13.0. The van der Waals surface area contributed by atoms with Gasteiger partial charge in [0.05, 0.1) is 16.0 Å². The van der Waals surface area contributed by atoms with E-state index >= 15 is 0 Å². The number of rotatable bonds is 3. The fraction of sp³-hybridized carbons (Fsp3) is 0.450. The number of hydrogen-bond donors (Lipinski definition) is 1. The Morgan fingerprint density at radius 1 is 1.35 bits per heavy atom. The van der Waals surface area contributed by atoms with Crippen LogP contribution in [0, 0.1) is 5.92 Å². The molecular formula is C20H23Cl2N3O. The van der Waals surface area contributed by atoms with Crippen molar-refractivity contribution < 1.29 is 4.79 Å². The van der Waals surface area contributed by atoms with Gasteiger partial charge in [0.1, 0.15) is 0 Å². The van der Waals surface area contributed by atoms with Crippen molar-refractivity contribution in [3.8, 4) is 0 Å². The Kier molecular flexibility index (Phi) is 4.54. The summed E-state index contributed by atoms with van der Waals surface area (Å²) < 4.78 is 0. The first kappa shape index (κ1) is 17.9. The Hall–Kier alpha value is -1.49. The first-order chi connectivity index (χ1) is 12.5. The van der Waals surface area contributed by atoms with Crippen LogP contribution in [-0.4, -0.2) is 53.4 Å². The van der Waals surface area contributed by atoms with Crippen molar-refractivity contribution >= 4 is 45.6 Å². The lowest BCUT2D eigenvalue weighted by atomic mass is 9.79. The van der Waals surface area contributed by atoms with E-state index < -0.39 is 0 Å². The van der Waals surface area contributed by atoms with Gasteiger partial charge in [-0.2, -0.15) is 0 Å². The molecule has 0 saturated heterocycles. The molecule has 138 valence electrons. The van der Waals surface area contributed by atoms with Gasteiger partial charge in [-0.3, -0.25) is 9.69 Å². The number of aromatic nitrogens is 1. The normalized spacial score (nSPS) is 22.3. The lowest BCUT2D eigenvalue weighted by molar-refractivity contribution is -0.134. The summed E-state index contributed by atoms with van der Waals surface area (Å²) >= 11 is 13.0. The van der Waals surface area contributed by atoms with E-state index in [1.165, 1.54) is 5.56 Å². The molecule has 6 heteroatoms. The molecule has 0 spiro atoms. The monoisotopic (exact) mass is 391 g/mol. The standard InChI is InChI=1S/C20H23Cl2N3O/c1-4-25(5-2)20(26)12-6-13-16(24(3)10-12)7-11-9-23-15-8-14(21)19(22)18(13)17(11)15/h6,8-9,12,16,23H,4-5,7,10H2,1-3H3. The third-order valence-corrected chi connectivity index (χ3v) is 6.58. The van der Waals surface area contributed by atoms with Gasteiger partial charge in [-0.05, 0) is 44.5 Å². The SMILES string of the molecule is CCN(CC)C(=O)C1C=C2c3c(Cl)c(Cl)cc4[nH]cc(c34)CC2N(C)C1. The highest BCUT2D eigenvalue weighted by Crippen LogP contribution is 2.46. The highest BCUT2D eigenvalue weighted by Gasteiger charge is 2.37. The van der Waals surface area contributed by atoms with Crippen molar-refractivity contribution in [2.75, 3.05) is 26.7 Å². The minimum atomic E-state index is -0.156. The number of amides is 1. The van der Waals surface area contributed by atoms with E-state index in [1.807, 2.05) is 24.8 Å². The molecule has 1 amide bonds. The second kappa shape index (κ2) is 6.59. The van der Waals surface area contributed by atoms with E-state index in [4.69, 9.17) is 23.2 Å². The maximum absolute atomic E-state index is 13.0. The minimum absolute atomic E-state index is 0.156. The number of nitrogens with one attached hydrogen (secondary N) is 1. The smallest absolute Gasteiger partial charge is 0.230 e. The van der Waals surface area contributed by atoms with Gasteiger partial charge in [-0.1, -0.05) is 29.3 Å². The van der Waals surface area contributed by atoms with Crippen molar-refractivity contribution in [2.24, 2.45) is 5.92 Å². The van der Waals surface area contributed by atoms with Crippen LogP contribution in [0.25, 0.3) is 16.5 Å². The van der Waals surface area contributed by atoms with Gasteiger partial charge < -0.3 is 9.88 Å². The van der Waals surface area contributed by atoms with Gasteiger partial charge in [-0.25, -0.2) is 0 Å². The molecule has 2 aliphatic rings. The summed E-state index contributed by atoms with van der Waals surface area (Å²) in [6.07, 6.45) is 5.11. The lowest BCUT2D eigenvalue weighted by Crippen LogP contribution is -2.47. The summed E-state index contributed by atoms with van der Waals surface area (Å²) in [4.78, 5) is 20.5.